The number of hydrogen-bond donors (Lipinski definition) is 0. The molecule has 0 bridgehead atoms. The van der Waals surface area contributed by atoms with E-state index >= 15 is 0 Å². The molecule has 1 aliphatic rings. The van der Waals surface area contributed by atoms with Crippen LogP contribution < -0.4 is 0 Å². The molecule has 1 aromatic heterocycles. The maximum Gasteiger partial charge on any atom is 0.256 e. The summed E-state index contributed by atoms with van der Waals surface area (Å²) in [5.41, 5.74) is 0.474. The van der Waals surface area contributed by atoms with Gasteiger partial charge >= 0.3 is 0 Å². The third-order valence-corrected chi connectivity index (χ3v) is 3.79. The number of aromatic nitrogens is 1. The number of pyridine rings is 1. The third kappa shape index (κ3) is 2.82. The SMILES string of the molecule is CN(CC1CCCN1C)C(=O)c1cccnc1Cl. The van der Waals surface area contributed by atoms with Crippen molar-refractivity contribution in [3.8, 4) is 0 Å². The van der Waals surface area contributed by atoms with Crippen molar-refractivity contribution in [3.63, 3.8) is 0 Å². The third-order valence-electron chi connectivity index (χ3n) is 3.49. The summed E-state index contributed by atoms with van der Waals surface area (Å²) in [6, 6.07) is 3.90. The van der Waals surface area contributed by atoms with Crippen LogP contribution in [0.2, 0.25) is 5.15 Å². The van der Waals surface area contributed by atoms with E-state index in [1.165, 1.54) is 6.42 Å². The summed E-state index contributed by atoms with van der Waals surface area (Å²) >= 11 is 5.94. The number of rotatable bonds is 3. The Morgan fingerprint density at radius 3 is 3.06 bits per heavy atom. The molecule has 1 atom stereocenters. The van der Waals surface area contributed by atoms with Crippen LogP contribution in [0.3, 0.4) is 0 Å². The minimum absolute atomic E-state index is 0.0617. The molecule has 1 aromatic rings. The van der Waals surface area contributed by atoms with E-state index < -0.39 is 0 Å². The molecule has 1 amide bonds. The number of likely N-dealkylation sites (tertiary alicyclic amines) is 1. The molecule has 1 saturated heterocycles. The lowest BCUT2D eigenvalue weighted by Gasteiger charge is -2.26. The van der Waals surface area contributed by atoms with Crippen molar-refractivity contribution in [3.05, 3.63) is 29.0 Å². The molecule has 1 fully saturated rings. The Balaban J connectivity index is 2.03. The molecular weight excluding hydrogens is 250 g/mol. The van der Waals surface area contributed by atoms with Crippen LogP contribution in [0.5, 0.6) is 0 Å². The quantitative estimate of drug-likeness (QED) is 0.785. The number of hydrogen-bond acceptors (Lipinski definition) is 3. The van der Waals surface area contributed by atoms with Gasteiger partial charge in [0.15, 0.2) is 0 Å². The molecule has 0 radical (unpaired) electrons. The van der Waals surface area contributed by atoms with Crippen molar-refractivity contribution in [2.24, 2.45) is 0 Å². The van der Waals surface area contributed by atoms with Gasteiger partial charge in [-0.25, -0.2) is 4.98 Å². The Bertz CT molecular complexity index is 438. The molecule has 5 heteroatoms. The Kier molecular flexibility index (Phi) is 4.19. The summed E-state index contributed by atoms with van der Waals surface area (Å²) in [6.45, 7) is 1.85. The summed E-state index contributed by atoms with van der Waals surface area (Å²) in [5.74, 6) is -0.0617. The minimum atomic E-state index is -0.0617. The zero-order chi connectivity index (χ0) is 13.1. The lowest BCUT2D eigenvalue weighted by Crippen LogP contribution is -2.39. The van der Waals surface area contributed by atoms with Crippen LogP contribution in [0.1, 0.15) is 23.2 Å². The molecule has 0 aliphatic carbocycles. The summed E-state index contributed by atoms with van der Waals surface area (Å²) < 4.78 is 0. The molecule has 1 unspecified atom stereocenters. The van der Waals surface area contributed by atoms with E-state index in [0.717, 1.165) is 19.5 Å². The number of carbonyl (C=O) groups is 1. The summed E-state index contributed by atoms with van der Waals surface area (Å²) in [4.78, 5) is 20.2. The highest BCUT2D eigenvalue weighted by atomic mass is 35.5. The van der Waals surface area contributed by atoms with Gasteiger partial charge in [-0.3, -0.25) is 4.79 Å². The van der Waals surface area contributed by atoms with Crippen LogP contribution in [-0.2, 0) is 0 Å². The molecule has 98 valence electrons. The average molecular weight is 268 g/mol. The van der Waals surface area contributed by atoms with Crippen LogP contribution in [0.4, 0.5) is 0 Å². The van der Waals surface area contributed by atoms with Gasteiger partial charge in [0, 0.05) is 25.8 Å². The molecule has 18 heavy (non-hydrogen) atoms. The standard InChI is InChI=1S/C13H18ClN3O/c1-16-8-4-5-10(16)9-17(2)13(18)11-6-3-7-15-12(11)14/h3,6-7,10H,4-5,8-9H2,1-2H3. The van der Waals surface area contributed by atoms with E-state index in [0.29, 0.717) is 11.6 Å². The van der Waals surface area contributed by atoms with Crippen molar-refractivity contribution < 1.29 is 4.79 Å². The zero-order valence-corrected chi connectivity index (χ0v) is 11.5. The van der Waals surface area contributed by atoms with Gasteiger partial charge in [-0.2, -0.15) is 0 Å². The first-order chi connectivity index (χ1) is 8.59. The fourth-order valence-corrected chi connectivity index (χ4v) is 2.56. The molecule has 2 heterocycles. The second-order valence-electron chi connectivity index (χ2n) is 4.80. The van der Waals surface area contributed by atoms with Gasteiger partial charge in [-0.05, 0) is 38.6 Å². The summed E-state index contributed by atoms with van der Waals surface area (Å²) in [6.07, 6.45) is 3.94. The van der Waals surface area contributed by atoms with Gasteiger partial charge in [0.25, 0.3) is 5.91 Å². The normalized spacial score (nSPS) is 20.1. The lowest BCUT2D eigenvalue weighted by molar-refractivity contribution is 0.0761. The highest BCUT2D eigenvalue weighted by molar-refractivity contribution is 6.32. The Hall–Kier alpha value is -1.13. The highest BCUT2D eigenvalue weighted by Gasteiger charge is 2.25. The smallest absolute Gasteiger partial charge is 0.256 e. The molecule has 0 spiro atoms. The largest absolute Gasteiger partial charge is 0.340 e. The number of amides is 1. The molecule has 0 N–H and O–H groups in total. The van der Waals surface area contributed by atoms with Crippen molar-refractivity contribution in [2.45, 2.75) is 18.9 Å². The van der Waals surface area contributed by atoms with Gasteiger partial charge in [0.2, 0.25) is 0 Å². The predicted octanol–water partition coefficient (Wildman–Crippen LogP) is 1.90. The number of likely N-dealkylation sites (N-methyl/N-ethyl adjacent to an activating group) is 2. The van der Waals surface area contributed by atoms with E-state index in [2.05, 4.69) is 16.9 Å². The molecule has 2 rings (SSSR count). The van der Waals surface area contributed by atoms with Crippen LogP contribution in [-0.4, -0.2) is 53.9 Å². The first-order valence-electron chi connectivity index (χ1n) is 6.16. The van der Waals surface area contributed by atoms with Gasteiger partial charge in [-0.1, -0.05) is 11.6 Å². The fourth-order valence-electron chi connectivity index (χ4n) is 2.36. The molecule has 1 aliphatic heterocycles. The topological polar surface area (TPSA) is 36.4 Å². The number of nitrogens with zero attached hydrogens (tertiary/aromatic N) is 3. The molecule has 0 aromatic carbocycles. The predicted molar refractivity (Wildman–Crippen MR) is 71.9 cm³/mol. The van der Waals surface area contributed by atoms with Crippen molar-refractivity contribution >= 4 is 17.5 Å². The van der Waals surface area contributed by atoms with Crippen LogP contribution in [0.25, 0.3) is 0 Å². The highest BCUT2D eigenvalue weighted by Crippen LogP contribution is 2.18. The van der Waals surface area contributed by atoms with Crippen LogP contribution in [0.15, 0.2) is 18.3 Å². The first kappa shape index (κ1) is 13.3. The lowest BCUT2D eigenvalue weighted by atomic mass is 10.2. The summed E-state index contributed by atoms with van der Waals surface area (Å²) in [5, 5.41) is 0.272. The Labute approximate surface area is 113 Å². The first-order valence-corrected chi connectivity index (χ1v) is 6.53. The Morgan fingerprint density at radius 2 is 2.44 bits per heavy atom. The second-order valence-corrected chi connectivity index (χ2v) is 5.16. The van der Waals surface area contributed by atoms with E-state index in [4.69, 9.17) is 11.6 Å². The van der Waals surface area contributed by atoms with Crippen molar-refractivity contribution in [2.75, 3.05) is 27.2 Å². The van der Waals surface area contributed by atoms with E-state index in [-0.39, 0.29) is 11.1 Å². The minimum Gasteiger partial charge on any atom is -0.340 e. The van der Waals surface area contributed by atoms with Crippen LogP contribution >= 0.6 is 11.6 Å². The van der Waals surface area contributed by atoms with Gasteiger partial charge in [0.05, 0.1) is 5.56 Å². The van der Waals surface area contributed by atoms with Gasteiger partial charge in [0.1, 0.15) is 5.15 Å². The van der Waals surface area contributed by atoms with E-state index in [1.807, 2.05) is 7.05 Å². The van der Waals surface area contributed by atoms with Gasteiger partial charge < -0.3 is 9.80 Å². The Morgan fingerprint density at radius 1 is 1.67 bits per heavy atom. The maximum atomic E-state index is 12.2. The van der Waals surface area contributed by atoms with Crippen molar-refractivity contribution in [1.82, 2.24) is 14.8 Å². The monoisotopic (exact) mass is 267 g/mol. The van der Waals surface area contributed by atoms with Gasteiger partial charge in [-0.15, -0.1) is 0 Å². The van der Waals surface area contributed by atoms with E-state index in [9.17, 15) is 4.79 Å². The van der Waals surface area contributed by atoms with Crippen LogP contribution in [0, 0.1) is 0 Å². The molecular formula is C13H18ClN3O. The van der Waals surface area contributed by atoms with E-state index in [1.54, 1.807) is 23.2 Å². The zero-order valence-electron chi connectivity index (χ0n) is 10.8. The maximum absolute atomic E-state index is 12.2. The number of halogens is 1. The second kappa shape index (κ2) is 5.67. The number of carbonyl (C=O) groups excluding carboxylic acids is 1. The summed E-state index contributed by atoms with van der Waals surface area (Å²) in [7, 11) is 3.92. The van der Waals surface area contributed by atoms with Crippen molar-refractivity contribution in [1.29, 1.82) is 0 Å². The fraction of sp³-hybridized carbons (Fsp3) is 0.538. The molecule has 4 nitrogen and oxygen atoms in total. The molecule has 0 saturated carbocycles. The average Bonchev–Trinajstić information content (AvgIpc) is 2.75.